The summed E-state index contributed by atoms with van der Waals surface area (Å²) < 4.78 is 53.3. The van der Waals surface area contributed by atoms with Crippen LogP contribution in [0.4, 0.5) is 8.78 Å². The molecule has 1 heterocycles. The lowest BCUT2D eigenvalue weighted by Gasteiger charge is -2.34. The van der Waals surface area contributed by atoms with Crippen LogP contribution < -0.4 is 0 Å². The second-order valence-corrected chi connectivity index (χ2v) is 8.20. The second kappa shape index (κ2) is 5.69. The summed E-state index contributed by atoms with van der Waals surface area (Å²) in [6.07, 6.45) is 0.944. The van der Waals surface area contributed by atoms with E-state index < -0.39 is 26.6 Å². The molecule has 2 rings (SSSR count). The summed E-state index contributed by atoms with van der Waals surface area (Å²) in [5.74, 6) is -1.44. The molecular formula is C13H16BrF2NO2S. The SMILES string of the molecule is CC1CC(C)CN(S(=O)(=O)c2c(F)cc(F)cc2Br)C1. The Morgan fingerprint density at radius 2 is 1.75 bits per heavy atom. The third-order valence-electron chi connectivity index (χ3n) is 3.40. The smallest absolute Gasteiger partial charge is 0.207 e. The van der Waals surface area contributed by atoms with E-state index in [4.69, 9.17) is 0 Å². The Bertz CT molecular complexity index is 588. The number of hydrogen-bond donors (Lipinski definition) is 0. The van der Waals surface area contributed by atoms with Gasteiger partial charge in [0.1, 0.15) is 16.5 Å². The highest BCUT2D eigenvalue weighted by molar-refractivity contribution is 9.10. The Balaban J connectivity index is 2.45. The lowest BCUT2D eigenvalue weighted by molar-refractivity contribution is 0.222. The Kier molecular flexibility index (Phi) is 4.51. The minimum absolute atomic E-state index is 0.0825. The van der Waals surface area contributed by atoms with Crippen LogP contribution in [0, 0.1) is 23.5 Å². The lowest BCUT2D eigenvalue weighted by Crippen LogP contribution is -2.42. The third kappa shape index (κ3) is 3.04. The van der Waals surface area contributed by atoms with Gasteiger partial charge >= 0.3 is 0 Å². The van der Waals surface area contributed by atoms with E-state index in [1.807, 2.05) is 13.8 Å². The second-order valence-electron chi connectivity index (χ2n) is 5.47. The molecule has 0 radical (unpaired) electrons. The van der Waals surface area contributed by atoms with E-state index in [1.165, 1.54) is 4.31 Å². The van der Waals surface area contributed by atoms with Crippen molar-refractivity contribution in [1.29, 1.82) is 0 Å². The van der Waals surface area contributed by atoms with E-state index in [9.17, 15) is 17.2 Å². The fourth-order valence-corrected chi connectivity index (χ4v) is 5.50. The minimum atomic E-state index is -3.96. The van der Waals surface area contributed by atoms with Crippen LogP contribution >= 0.6 is 15.9 Å². The van der Waals surface area contributed by atoms with Crippen molar-refractivity contribution in [3.05, 3.63) is 28.2 Å². The van der Waals surface area contributed by atoms with E-state index >= 15 is 0 Å². The van der Waals surface area contributed by atoms with Crippen LogP contribution in [-0.2, 0) is 10.0 Å². The fraction of sp³-hybridized carbons (Fsp3) is 0.538. The van der Waals surface area contributed by atoms with Gasteiger partial charge in [0.15, 0.2) is 0 Å². The zero-order valence-corrected chi connectivity index (χ0v) is 13.6. The number of rotatable bonds is 2. The molecule has 1 aromatic carbocycles. The lowest BCUT2D eigenvalue weighted by atomic mass is 9.94. The first-order chi connectivity index (χ1) is 9.21. The van der Waals surface area contributed by atoms with Crippen LogP contribution in [0.25, 0.3) is 0 Å². The van der Waals surface area contributed by atoms with Crippen LogP contribution in [0.1, 0.15) is 20.3 Å². The van der Waals surface area contributed by atoms with Crippen molar-refractivity contribution in [2.75, 3.05) is 13.1 Å². The normalized spacial score (nSPS) is 24.9. The number of nitrogens with zero attached hydrogens (tertiary/aromatic N) is 1. The summed E-state index contributed by atoms with van der Waals surface area (Å²) in [6.45, 7) is 4.65. The maximum atomic E-state index is 13.9. The molecule has 0 N–H and O–H groups in total. The molecule has 7 heteroatoms. The van der Waals surface area contributed by atoms with Gasteiger partial charge in [-0.3, -0.25) is 0 Å². The van der Waals surface area contributed by atoms with Crippen LogP contribution in [0.3, 0.4) is 0 Å². The molecule has 20 heavy (non-hydrogen) atoms. The Morgan fingerprint density at radius 1 is 1.20 bits per heavy atom. The van der Waals surface area contributed by atoms with Crippen LogP contribution in [0.15, 0.2) is 21.5 Å². The van der Waals surface area contributed by atoms with Crippen molar-refractivity contribution < 1.29 is 17.2 Å². The van der Waals surface area contributed by atoms with Gasteiger partial charge in [0.2, 0.25) is 10.0 Å². The molecule has 0 saturated carbocycles. The summed E-state index contributed by atoms with van der Waals surface area (Å²) >= 11 is 2.94. The van der Waals surface area contributed by atoms with Crippen LogP contribution in [-0.4, -0.2) is 25.8 Å². The predicted octanol–water partition coefficient (Wildman–Crippen LogP) is 3.39. The molecule has 2 unspecified atom stereocenters. The van der Waals surface area contributed by atoms with Gasteiger partial charge in [0.25, 0.3) is 0 Å². The van der Waals surface area contributed by atoms with Gasteiger partial charge in [0.05, 0.1) is 0 Å². The Labute approximate surface area is 126 Å². The molecule has 3 nitrogen and oxygen atoms in total. The molecule has 0 bridgehead atoms. The van der Waals surface area contributed by atoms with E-state index in [-0.39, 0.29) is 16.3 Å². The molecule has 1 aliphatic heterocycles. The predicted molar refractivity (Wildman–Crippen MR) is 75.8 cm³/mol. The molecule has 0 spiro atoms. The van der Waals surface area contributed by atoms with Crippen molar-refractivity contribution in [3.63, 3.8) is 0 Å². The number of sulfonamides is 1. The average Bonchev–Trinajstić information content (AvgIpc) is 2.25. The van der Waals surface area contributed by atoms with Gasteiger partial charge in [-0.2, -0.15) is 4.31 Å². The summed E-state index contributed by atoms with van der Waals surface area (Å²) in [7, 11) is -3.96. The molecule has 2 atom stereocenters. The highest BCUT2D eigenvalue weighted by Crippen LogP contribution is 2.32. The van der Waals surface area contributed by atoms with E-state index in [0.717, 1.165) is 12.5 Å². The van der Waals surface area contributed by atoms with Crippen molar-refractivity contribution in [2.24, 2.45) is 11.8 Å². The van der Waals surface area contributed by atoms with Gasteiger partial charge in [-0.05, 0) is 40.3 Å². The summed E-state index contributed by atoms with van der Waals surface area (Å²) in [6, 6.07) is 1.56. The zero-order valence-electron chi connectivity index (χ0n) is 11.2. The zero-order chi connectivity index (χ0) is 15.1. The molecule has 0 amide bonds. The molecule has 1 fully saturated rings. The van der Waals surface area contributed by atoms with Gasteiger partial charge in [0, 0.05) is 23.6 Å². The van der Waals surface area contributed by atoms with Crippen molar-refractivity contribution in [1.82, 2.24) is 4.31 Å². The largest absolute Gasteiger partial charge is 0.247 e. The molecular weight excluding hydrogens is 352 g/mol. The fourth-order valence-electron chi connectivity index (χ4n) is 2.71. The number of hydrogen-bond acceptors (Lipinski definition) is 2. The summed E-state index contributed by atoms with van der Waals surface area (Å²) in [5, 5.41) is 0. The van der Waals surface area contributed by atoms with E-state index in [1.54, 1.807) is 0 Å². The highest BCUT2D eigenvalue weighted by atomic mass is 79.9. The van der Waals surface area contributed by atoms with Crippen molar-refractivity contribution >= 4 is 26.0 Å². The van der Waals surface area contributed by atoms with Crippen molar-refractivity contribution in [2.45, 2.75) is 25.2 Å². The first kappa shape index (κ1) is 15.9. The Hall–Kier alpha value is -0.530. The molecule has 112 valence electrons. The number of benzene rings is 1. The number of piperidine rings is 1. The molecule has 0 aromatic heterocycles. The minimum Gasteiger partial charge on any atom is -0.207 e. The van der Waals surface area contributed by atoms with Gasteiger partial charge in [-0.15, -0.1) is 0 Å². The third-order valence-corrected chi connectivity index (χ3v) is 6.19. The summed E-state index contributed by atoms with van der Waals surface area (Å²) in [5.41, 5.74) is 0. The standard InChI is InChI=1S/C13H16BrF2NO2S/c1-8-3-9(2)7-17(6-8)20(18,19)13-11(14)4-10(15)5-12(13)16/h4-5,8-9H,3,6-7H2,1-2H3. The van der Waals surface area contributed by atoms with Crippen molar-refractivity contribution in [3.8, 4) is 0 Å². The van der Waals surface area contributed by atoms with Crippen LogP contribution in [0.2, 0.25) is 0 Å². The quantitative estimate of drug-likeness (QED) is 0.803. The van der Waals surface area contributed by atoms with Gasteiger partial charge in [-0.25, -0.2) is 17.2 Å². The maximum Gasteiger partial charge on any atom is 0.247 e. The van der Waals surface area contributed by atoms with E-state index in [2.05, 4.69) is 15.9 Å². The molecule has 1 aromatic rings. The average molecular weight is 368 g/mol. The topological polar surface area (TPSA) is 37.4 Å². The molecule has 1 aliphatic rings. The monoisotopic (exact) mass is 367 g/mol. The summed E-state index contributed by atoms with van der Waals surface area (Å²) in [4.78, 5) is -0.486. The van der Waals surface area contributed by atoms with Crippen LogP contribution in [0.5, 0.6) is 0 Å². The first-order valence-electron chi connectivity index (χ1n) is 6.36. The van der Waals surface area contributed by atoms with Gasteiger partial charge < -0.3 is 0 Å². The first-order valence-corrected chi connectivity index (χ1v) is 8.59. The molecule has 0 aliphatic carbocycles. The highest BCUT2D eigenvalue weighted by Gasteiger charge is 2.34. The molecule has 1 saturated heterocycles. The number of halogens is 3. The maximum absolute atomic E-state index is 13.9. The van der Waals surface area contributed by atoms with E-state index in [0.29, 0.717) is 19.2 Å². The Morgan fingerprint density at radius 3 is 2.25 bits per heavy atom. The van der Waals surface area contributed by atoms with Gasteiger partial charge in [-0.1, -0.05) is 13.8 Å².